The van der Waals surface area contributed by atoms with Crippen LogP contribution in [0.5, 0.6) is 5.75 Å². The Morgan fingerprint density at radius 3 is 2.44 bits per heavy atom. The number of halogens is 2. The molecule has 2 aromatic carbocycles. The summed E-state index contributed by atoms with van der Waals surface area (Å²) in [5.74, 6) is 0.726. The Hall–Kier alpha value is -2.05. The van der Waals surface area contributed by atoms with Crippen LogP contribution in [0.2, 0.25) is 5.02 Å². The summed E-state index contributed by atoms with van der Waals surface area (Å²) in [4.78, 5) is 26.0. The summed E-state index contributed by atoms with van der Waals surface area (Å²) in [7, 11) is 1.60. The molecule has 0 aliphatic rings. The Kier molecular flexibility index (Phi) is 6.39. The van der Waals surface area contributed by atoms with Gasteiger partial charge >= 0.3 is 5.69 Å². The Bertz CT molecular complexity index is 1060. The second-order valence-electron chi connectivity index (χ2n) is 6.23. The number of unbranched alkanes of at least 4 members (excludes halogenated alkanes) is 1. The number of hydrogen-bond donors (Lipinski definition) is 0. The third kappa shape index (κ3) is 4.28. The lowest BCUT2D eigenvalue weighted by Crippen LogP contribution is -2.40. The summed E-state index contributed by atoms with van der Waals surface area (Å²) in [5.41, 5.74) is 0.837. The maximum atomic E-state index is 13.1. The van der Waals surface area contributed by atoms with Gasteiger partial charge in [-0.05, 0) is 48.7 Å². The zero-order valence-corrected chi connectivity index (χ0v) is 17.3. The maximum Gasteiger partial charge on any atom is 0.331 e. The molecule has 0 bridgehead atoms. The SMILES string of the molecule is COc1ccc(Cn2c(=O)c3cc(Cl)ccc3n(CCCCBr)c2=O)cc1. The molecule has 0 unspecified atom stereocenters. The largest absolute Gasteiger partial charge is 0.497 e. The zero-order chi connectivity index (χ0) is 19.4. The highest BCUT2D eigenvalue weighted by Crippen LogP contribution is 2.17. The van der Waals surface area contributed by atoms with Crippen LogP contribution in [0.3, 0.4) is 0 Å². The lowest BCUT2D eigenvalue weighted by Gasteiger charge is -2.14. The Labute approximate surface area is 170 Å². The smallest absolute Gasteiger partial charge is 0.331 e. The minimum absolute atomic E-state index is 0.197. The summed E-state index contributed by atoms with van der Waals surface area (Å²) in [5, 5.41) is 1.80. The molecule has 3 aromatic rings. The minimum Gasteiger partial charge on any atom is -0.497 e. The van der Waals surface area contributed by atoms with Crippen molar-refractivity contribution < 1.29 is 4.74 Å². The second-order valence-corrected chi connectivity index (χ2v) is 7.46. The molecule has 27 heavy (non-hydrogen) atoms. The number of nitrogens with zero attached hydrogens (tertiary/aromatic N) is 2. The molecule has 0 atom stereocenters. The molecule has 7 heteroatoms. The highest BCUT2D eigenvalue weighted by atomic mass is 79.9. The Morgan fingerprint density at radius 2 is 1.78 bits per heavy atom. The molecule has 5 nitrogen and oxygen atoms in total. The second kappa shape index (κ2) is 8.76. The van der Waals surface area contributed by atoms with Crippen LogP contribution in [0.15, 0.2) is 52.1 Å². The highest BCUT2D eigenvalue weighted by Gasteiger charge is 2.14. The average Bonchev–Trinajstić information content (AvgIpc) is 2.68. The number of aryl methyl sites for hydroxylation is 1. The van der Waals surface area contributed by atoms with Crippen LogP contribution in [0.4, 0.5) is 0 Å². The average molecular weight is 452 g/mol. The van der Waals surface area contributed by atoms with Crippen molar-refractivity contribution in [2.24, 2.45) is 0 Å². The first-order valence-corrected chi connectivity index (χ1v) is 10.2. The van der Waals surface area contributed by atoms with Crippen molar-refractivity contribution in [3.63, 3.8) is 0 Å². The first-order valence-electron chi connectivity index (χ1n) is 8.67. The normalized spacial score (nSPS) is 11.1. The van der Waals surface area contributed by atoms with Crippen LogP contribution < -0.4 is 16.0 Å². The molecule has 0 saturated heterocycles. The van der Waals surface area contributed by atoms with E-state index in [-0.39, 0.29) is 17.8 Å². The predicted octanol–water partition coefficient (Wildman–Crippen LogP) is 4.05. The Morgan fingerprint density at radius 1 is 1.04 bits per heavy atom. The molecular formula is C20H20BrClN2O3. The van der Waals surface area contributed by atoms with E-state index in [4.69, 9.17) is 16.3 Å². The quantitative estimate of drug-likeness (QED) is 0.402. The van der Waals surface area contributed by atoms with E-state index in [0.29, 0.717) is 22.5 Å². The van der Waals surface area contributed by atoms with E-state index in [1.54, 1.807) is 29.9 Å². The lowest BCUT2D eigenvalue weighted by atomic mass is 10.2. The number of benzene rings is 2. The number of rotatable bonds is 7. The van der Waals surface area contributed by atoms with Crippen molar-refractivity contribution in [2.45, 2.75) is 25.9 Å². The summed E-state index contributed by atoms with van der Waals surface area (Å²) in [6.45, 7) is 0.744. The summed E-state index contributed by atoms with van der Waals surface area (Å²) in [6.07, 6.45) is 1.78. The standard InChI is InChI=1S/C20H20BrClN2O3/c1-27-16-7-4-14(5-8-16)13-24-19(25)17-12-15(22)6-9-18(17)23(20(24)26)11-3-2-10-21/h4-9,12H,2-3,10-11,13H2,1H3. The van der Waals surface area contributed by atoms with Crippen molar-refractivity contribution >= 4 is 38.4 Å². The molecule has 0 fully saturated rings. The molecular weight excluding hydrogens is 432 g/mol. The molecule has 0 aliphatic heterocycles. The van der Waals surface area contributed by atoms with Gasteiger partial charge in [-0.25, -0.2) is 4.79 Å². The van der Waals surface area contributed by atoms with Gasteiger partial charge in [-0.15, -0.1) is 0 Å². The van der Waals surface area contributed by atoms with Gasteiger partial charge in [-0.2, -0.15) is 0 Å². The van der Waals surface area contributed by atoms with Gasteiger partial charge in [0.2, 0.25) is 0 Å². The minimum atomic E-state index is -0.329. The van der Waals surface area contributed by atoms with Gasteiger partial charge in [0.25, 0.3) is 5.56 Å². The molecule has 0 saturated carbocycles. The van der Waals surface area contributed by atoms with E-state index < -0.39 is 0 Å². The van der Waals surface area contributed by atoms with Gasteiger partial charge in [0.15, 0.2) is 0 Å². The van der Waals surface area contributed by atoms with Crippen molar-refractivity contribution in [3.05, 3.63) is 73.9 Å². The number of alkyl halides is 1. The van der Waals surface area contributed by atoms with Crippen LogP contribution in [0.1, 0.15) is 18.4 Å². The highest BCUT2D eigenvalue weighted by molar-refractivity contribution is 9.09. The van der Waals surface area contributed by atoms with Crippen molar-refractivity contribution in [1.29, 1.82) is 0 Å². The molecule has 3 rings (SSSR count). The van der Waals surface area contributed by atoms with Gasteiger partial charge in [-0.1, -0.05) is 39.7 Å². The van der Waals surface area contributed by atoms with Crippen LogP contribution in [0.25, 0.3) is 10.9 Å². The third-order valence-corrected chi connectivity index (χ3v) is 5.25. The molecule has 0 amide bonds. The first kappa shape index (κ1) is 19.7. The fraction of sp³-hybridized carbons (Fsp3) is 0.300. The number of methoxy groups -OCH3 is 1. The van der Waals surface area contributed by atoms with E-state index in [1.165, 1.54) is 4.57 Å². The molecule has 1 aromatic heterocycles. The van der Waals surface area contributed by atoms with Crippen LogP contribution in [0, 0.1) is 0 Å². The van der Waals surface area contributed by atoms with Crippen LogP contribution in [-0.4, -0.2) is 21.6 Å². The Balaban J connectivity index is 2.12. The number of hydrogen-bond acceptors (Lipinski definition) is 3. The third-order valence-electron chi connectivity index (χ3n) is 4.45. The van der Waals surface area contributed by atoms with Crippen molar-refractivity contribution in [1.82, 2.24) is 9.13 Å². The van der Waals surface area contributed by atoms with Gasteiger partial charge in [0.1, 0.15) is 5.75 Å². The maximum absolute atomic E-state index is 13.1. The number of fused-ring (bicyclic) bond motifs is 1. The fourth-order valence-electron chi connectivity index (χ4n) is 3.03. The van der Waals surface area contributed by atoms with Gasteiger partial charge in [0.05, 0.1) is 24.6 Å². The molecule has 142 valence electrons. The van der Waals surface area contributed by atoms with E-state index in [1.807, 2.05) is 24.3 Å². The van der Waals surface area contributed by atoms with E-state index in [0.717, 1.165) is 29.5 Å². The van der Waals surface area contributed by atoms with Gasteiger partial charge < -0.3 is 4.74 Å². The summed E-state index contributed by atoms with van der Waals surface area (Å²) < 4.78 is 8.10. The van der Waals surface area contributed by atoms with Crippen molar-refractivity contribution in [2.75, 3.05) is 12.4 Å². The topological polar surface area (TPSA) is 53.2 Å². The van der Waals surface area contributed by atoms with E-state index in [9.17, 15) is 9.59 Å². The molecule has 0 radical (unpaired) electrons. The zero-order valence-electron chi connectivity index (χ0n) is 15.0. The molecule has 0 aliphatic carbocycles. The van der Waals surface area contributed by atoms with E-state index in [2.05, 4.69) is 15.9 Å². The molecule has 0 N–H and O–H groups in total. The summed E-state index contributed by atoms with van der Waals surface area (Å²) in [6, 6.07) is 12.4. The molecule has 0 spiro atoms. The van der Waals surface area contributed by atoms with Crippen molar-refractivity contribution in [3.8, 4) is 5.75 Å². The predicted molar refractivity (Wildman–Crippen MR) is 113 cm³/mol. The van der Waals surface area contributed by atoms with Gasteiger partial charge in [0, 0.05) is 16.9 Å². The van der Waals surface area contributed by atoms with E-state index >= 15 is 0 Å². The molecule has 1 heterocycles. The number of ether oxygens (including phenoxy) is 1. The summed E-state index contributed by atoms with van der Waals surface area (Å²) >= 11 is 9.51. The fourth-order valence-corrected chi connectivity index (χ4v) is 3.60. The first-order chi connectivity index (χ1) is 13.0. The lowest BCUT2D eigenvalue weighted by molar-refractivity contribution is 0.414. The van der Waals surface area contributed by atoms with Crippen LogP contribution >= 0.6 is 27.5 Å². The van der Waals surface area contributed by atoms with Crippen LogP contribution in [-0.2, 0) is 13.1 Å². The monoisotopic (exact) mass is 450 g/mol. The number of aromatic nitrogens is 2. The van der Waals surface area contributed by atoms with Gasteiger partial charge in [-0.3, -0.25) is 13.9 Å².